The minimum absolute atomic E-state index is 0.0822. The maximum Gasteiger partial charge on any atom is 0.198 e. The van der Waals surface area contributed by atoms with Crippen LogP contribution in [0, 0.1) is 0 Å². The molecule has 4 heteroatoms. The lowest BCUT2D eigenvalue weighted by Gasteiger charge is -2.10. The number of carbonyl (C=O) groups excluding carboxylic acids is 1. The standard InChI is InChI=1S/C4H5NO2S/c6-3-2-7-5-1-4(3)8/h5H,1-2H2. The van der Waals surface area contributed by atoms with E-state index in [1.54, 1.807) is 0 Å². The van der Waals surface area contributed by atoms with E-state index < -0.39 is 0 Å². The number of ketones is 1. The SMILES string of the molecule is O=C1CONCC1=S. The Hall–Kier alpha value is -0.320. The summed E-state index contributed by atoms with van der Waals surface area (Å²) in [6.45, 7) is 0.465. The topological polar surface area (TPSA) is 38.3 Å². The zero-order valence-corrected chi connectivity index (χ0v) is 4.96. The van der Waals surface area contributed by atoms with Crippen molar-refractivity contribution in [1.29, 1.82) is 0 Å². The molecule has 1 rings (SSSR count). The summed E-state index contributed by atoms with van der Waals surface area (Å²) in [5, 5.41) is 0. The summed E-state index contributed by atoms with van der Waals surface area (Å²) in [6.07, 6.45) is 0. The van der Waals surface area contributed by atoms with Crippen molar-refractivity contribution in [2.45, 2.75) is 0 Å². The molecule has 1 heterocycles. The van der Waals surface area contributed by atoms with Crippen molar-refractivity contribution in [2.75, 3.05) is 13.2 Å². The van der Waals surface area contributed by atoms with E-state index >= 15 is 0 Å². The highest BCUT2D eigenvalue weighted by atomic mass is 32.1. The monoisotopic (exact) mass is 131 g/mol. The highest BCUT2D eigenvalue weighted by Gasteiger charge is 2.13. The van der Waals surface area contributed by atoms with Crippen LogP contribution in [0.3, 0.4) is 0 Å². The molecule has 1 fully saturated rings. The summed E-state index contributed by atoms with van der Waals surface area (Å²) in [6, 6.07) is 0. The predicted molar refractivity (Wildman–Crippen MR) is 31.6 cm³/mol. The molecule has 0 radical (unpaired) electrons. The lowest BCUT2D eigenvalue weighted by molar-refractivity contribution is -0.121. The van der Waals surface area contributed by atoms with Crippen LogP contribution in [-0.4, -0.2) is 23.8 Å². The van der Waals surface area contributed by atoms with Crippen LogP contribution in [0.2, 0.25) is 0 Å². The summed E-state index contributed by atoms with van der Waals surface area (Å²) < 4.78 is 0. The first-order chi connectivity index (χ1) is 3.80. The van der Waals surface area contributed by atoms with Crippen molar-refractivity contribution in [1.82, 2.24) is 5.48 Å². The Bertz CT molecular complexity index is 118. The molecule has 0 aliphatic carbocycles. The van der Waals surface area contributed by atoms with Crippen LogP contribution in [0.25, 0.3) is 0 Å². The molecule has 3 nitrogen and oxygen atoms in total. The van der Waals surface area contributed by atoms with Gasteiger partial charge in [0.1, 0.15) is 6.61 Å². The fourth-order valence-electron chi connectivity index (χ4n) is 0.412. The Morgan fingerprint density at radius 1 is 1.75 bits per heavy atom. The second-order valence-corrected chi connectivity index (χ2v) is 1.95. The summed E-state index contributed by atoms with van der Waals surface area (Å²) in [5.41, 5.74) is 2.50. The van der Waals surface area contributed by atoms with E-state index in [-0.39, 0.29) is 12.4 Å². The summed E-state index contributed by atoms with van der Waals surface area (Å²) in [7, 11) is 0. The van der Waals surface area contributed by atoms with Gasteiger partial charge in [-0.25, -0.2) is 0 Å². The smallest absolute Gasteiger partial charge is 0.198 e. The summed E-state index contributed by atoms with van der Waals surface area (Å²) >= 11 is 4.64. The molecule has 0 saturated carbocycles. The molecule has 0 amide bonds. The minimum atomic E-state index is -0.0845. The van der Waals surface area contributed by atoms with Gasteiger partial charge < -0.3 is 0 Å². The third-order valence-corrected chi connectivity index (χ3v) is 1.22. The lowest BCUT2D eigenvalue weighted by atomic mass is 10.3. The van der Waals surface area contributed by atoms with E-state index in [9.17, 15) is 4.79 Å². The van der Waals surface area contributed by atoms with Crippen LogP contribution in [0.5, 0.6) is 0 Å². The maximum absolute atomic E-state index is 10.5. The molecule has 8 heavy (non-hydrogen) atoms. The number of hydroxylamine groups is 1. The van der Waals surface area contributed by atoms with Crippen LogP contribution in [-0.2, 0) is 9.63 Å². The summed E-state index contributed by atoms with van der Waals surface area (Å²) in [4.78, 5) is 15.5. The fraction of sp³-hybridized carbons (Fsp3) is 0.500. The first-order valence-electron chi connectivity index (χ1n) is 2.21. The van der Waals surface area contributed by atoms with Crippen LogP contribution in [0.1, 0.15) is 0 Å². The van der Waals surface area contributed by atoms with Gasteiger partial charge in [0, 0.05) is 0 Å². The number of hydrogen-bond acceptors (Lipinski definition) is 4. The average molecular weight is 131 g/mol. The maximum atomic E-state index is 10.5. The highest BCUT2D eigenvalue weighted by molar-refractivity contribution is 7.82. The molecule has 1 aliphatic heterocycles. The Morgan fingerprint density at radius 3 is 2.88 bits per heavy atom. The first kappa shape index (κ1) is 5.81. The molecule has 0 atom stereocenters. The van der Waals surface area contributed by atoms with Gasteiger partial charge in [-0.3, -0.25) is 9.63 Å². The van der Waals surface area contributed by atoms with Crippen molar-refractivity contribution in [2.24, 2.45) is 0 Å². The third-order valence-electron chi connectivity index (χ3n) is 0.849. The molecule has 0 bridgehead atoms. The van der Waals surface area contributed by atoms with E-state index in [0.29, 0.717) is 11.4 Å². The third kappa shape index (κ3) is 1.09. The zero-order chi connectivity index (χ0) is 5.98. The molecule has 0 aromatic rings. The molecule has 1 saturated heterocycles. The van der Waals surface area contributed by atoms with Crippen LogP contribution < -0.4 is 5.48 Å². The van der Waals surface area contributed by atoms with Gasteiger partial charge in [0.2, 0.25) is 0 Å². The largest absolute Gasteiger partial charge is 0.293 e. The molecule has 0 aromatic heterocycles. The molecule has 0 spiro atoms. The Labute approximate surface area is 52.0 Å². The van der Waals surface area contributed by atoms with Gasteiger partial charge in [-0.15, -0.1) is 0 Å². The van der Waals surface area contributed by atoms with Crippen LogP contribution in [0.4, 0.5) is 0 Å². The fourth-order valence-corrected chi connectivity index (χ4v) is 0.530. The molecule has 1 N–H and O–H groups in total. The van der Waals surface area contributed by atoms with Crippen molar-refractivity contribution in [3.63, 3.8) is 0 Å². The number of nitrogens with one attached hydrogen (secondary N) is 1. The second kappa shape index (κ2) is 2.30. The van der Waals surface area contributed by atoms with Gasteiger partial charge in [0.05, 0.1) is 11.4 Å². The van der Waals surface area contributed by atoms with Crippen molar-refractivity contribution >= 4 is 22.9 Å². The zero-order valence-electron chi connectivity index (χ0n) is 4.14. The quantitative estimate of drug-likeness (QED) is 0.448. The molecule has 0 unspecified atom stereocenters. The molecule has 44 valence electrons. The molecule has 1 aliphatic rings. The average Bonchev–Trinajstić information content (AvgIpc) is 1.77. The van der Waals surface area contributed by atoms with Gasteiger partial charge in [-0.05, 0) is 0 Å². The molecular formula is C4H5NO2S. The Kier molecular flexibility index (Phi) is 1.67. The number of hydrogen-bond donors (Lipinski definition) is 1. The van der Waals surface area contributed by atoms with Gasteiger partial charge >= 0.3 is 0 Å². The van der Waals surface area contributed by atoms with Gasteiger partial charge in [-0.2, -0.15) is 5.48 Å². The van der Waals surface area contributed by atoms with Crippen LogP contribution in [0.15, 0.2) is 0 Å². The lowest BCUT2D eigenvalue weighted by Crippen LogP contribution is -2.37. The Balaban J connectivity index is 2.52. The minimum Gasteiger partial charge on any atom is -0.293 e. The normalized spacial score (nSPS) is 21.5. The number of rotatable bonds is 0. The Morgan fingerprint density at radius 2 is 2.50 bits per heavy atom. The van der Waals surface area contributed by atoms with Gasteiger partial charge in [-0.1, -0.05) is 12.2 Å². The van der Waals surface area contributed by atoms with Gasteiger partial charge in [0.15, 0.2) is 5.78 Å². The number of Topliss-reactive ketones (excluding diaryl/α,β-unsaturated/α-hetero) is 1. The highest BCUT2D eigenvalue weighted by Crippen LogP contribution is 1.86. The molecular weight excluding hydrogens is 126 g/mol. The van der Waals surface area contributed by atoms with E-state index in [2.05, 4.69) is 22.5 Å². The van der Waals surface area contributed by atoms with Crippen molar-refractivity contribution in [3.05, 3.63) is 0 Å². The van der Waals surface area contributed by atoms with E-state index in [4.69, 9.17) is 0 Å². The van der Waals surface area contributed by atoms with E-state index in [0.717, 1.165) is 0 Å². The van der Waals surface area contributed by atoms with Crippen LogP contribution >= 0.6 is 12.2 Å². The van der Waals surface area contributed by atoms with Gasteiger partial charge in [0.25, 0.3) is 0 Å². The first-order valence-corrected chi connectivity index (χ1v) is 2.62. The number of thiocarbonyl (C=S) groups is 1. The van der Waals surface area contributed by atoms with E-state index in [1.165, 1.54) is 0 Å². The second-order valence-electron chi connectivity index (χ2n) is 1.46. The molecule has 0 aromatic carbocycles. The van der Waals surface area contributed by atoms with Crippen molar-refractivity contribution in [3.8, 4) is 0 Å². The predicted octanol–water partition coefficient (Wildman–Crippen LogP) is -0.540. The van der Waals surface area contributed by atoms with E-state index in [1.807, 2.05) is 0 Å². The summed E-state index contributed by atoms with van der Waals surface area (Å²) in [5.74, 6) is -0.0845. The number of carbonyl (C=O) groups is 1. The van der Waals surface area contributed by atoms with Crippen molar-refractivity contribution < 1.29 is 9.63 Å².